The van der Waals surface area contributed by atoms with E-state index in [-0.39, 0.29) is 0 Å². The molecule has 0 amide bonds. The molecule has 3 nitrogen and oxygen atoms in total. The molecule has 1 unspecified atom stereocenters. The highest BCUT2D eigenvalue weighted by atomic mass is 16.5. The molecule has 1 aromatic carbocycles. The van der Waals surface area contributed by atoms with E-state index in [9.17, 15) is 0 Å². The van der Waals surface area contributed by atoms with E-state index >= 15 is 0 Å². The van der Waals surface area contributed by atoms with E-state index in [0.29, 0.717) is 6.04 Å². The maximum atomic E-state index is 5.12. The first-order valence-corrected chi connectivity index (χ1v) is 7.36. The van der Waals surface area contributed by atoms with Crippen LogP contribution in [0, 0.1) is 0 Å². The second kappa shape index (κ2) is 7.51. The van der Waals surface area contributed by atoms with Crippen molar-refractivity contribution >= 4 is 5.69 Å². The van der Waals surface area contributed by atoms with Crippen LogP contribution in [0.1, 0.15) is 31.7 Å². The fourth-order valence-electron chi connectivity index (χ4n) is 2.58. The highest BCUT2D eigenvalue weighted by molar-refractivity contribution is 5.47. The van der Waals surface area contributed by atoms with Gasteiger partial charge in [-0.25, -0.2) is 0 Å². The Bertz CT molecular complexity index is 358. The van der Waals surface area contributed by atoms with Crippen LogP contribution in [0.5, 0.6) is 0 Å². The summed E-state index contributed by atoms with van der Waals surface area (Å²) in [5, 5.41) is 3.46. The van der Waals surface area contributed by atoms with Crippen molar-refractivity contribution < 1.29 is 4.74 Å². The first kappa shape index (κ1) is 14.4. The van der Waals surface area contributed by atoms with Gasteiger partial charge in [0.25, 0.3) is 0 Å². The van der Waals surface area contributed by atoms with Gasteiger partial charge in [-0.05, 0) is 43.9 Å². The third-order valence-electron chi connectivity index (χ3n) is 3.73. The van der Waals surface area contributed by atoms with E-state index in [0.717, 1.165) is 13.2 Å². The monoisotopic (exact) mass is 262 g/mol. The zero-order valence-corrected chi connectivity index (χ0v) is 12.2. The Hall–Kier alpha value is -1.06. The fourth-order valence-corrected chi connectivity index (χ4v) is 2.58. The van der Waals surface area contributed by atoms with Gasteiger partial charge in [0.05, 0.1) is 6.61 Å². The Kier molecular flexibility index (Phi) is 5.67. The summed E-state index contributed by atoms with van der Waals surface area (Å²) in [4.78, 5) is 2.49. The number of anilines is 1. The molecule has 19 heavy (non-hydrogen) atoms. The Morgan fingerprint density at radius 2 is 1.84 bits per heavy atom. The SMILES string of the molecule is COCC(C)NCc1ccc(N2CCCCC2)cc1. The van der Waals surface area contributed by atoms with E-state index < -0.39 is 0 Å². The number of nitrogens with one attached hydrogen (secondary N) is 1. The van der Waals surface area contributed by atoms with E-state index in [4.69, 9.17) is 4.74 Å². The summed E-state index contributed by atoms with van der Waals surface area (Å²) < 4.78 is 5.12. The minimum Gasteiger partial charge on any atom is -0.383 e. The van der Waals surface area contributed by atoms with Crippen LogP contribution in [0.3, 0.4) is 0 Å². The largest absolute Gasteiger partial charge is 0.383 e. The van der Waals surface area contributed by atoms with Gasteiger partial charge >= 0.3 is 0 Å². The highest BCUT2D eigenvalue weighted by Crippen LogP contribution is 2.20. The summed E-state index contributed by atoms with van der Waals surface area (Å²) >= 11 is 0. The van der Waals surface area contributed by atoms with Crippen LogP contribution in [-0.2, 0) is 11.3 Å². The molecule has 3 heteroatoms. The molecule has 2 rings (SSSR count). The van der Waals surface area contributed by atoms with Crippen LogP contribution < -0.4 is 10.2 Å². The highest BCUT2D eigenvalue weighted by Gasteiger charge is 2.10. The molecule has 1 fully saturated rings. The zero-order chi connectivity index (χ0) is 13.5. The van der Waals surface area contributed by atoms with Crippen molar-refractivity contribution in [3.8, 4) is 0 Å². The summed E-state index contributed by atoms with van der Waals surface area (Å²) in [5.74, 6) is 0. The summed E-state index contributed by atoms with van der Waals surface area (Å²) in [7, 11) is 1.74. The van der Waals surface area contributed by atoms with Gasteiger partial charge in [0, 0.05) is 38.5 Å². The molecule has 0 saturated carbocycles. The van der Waals surface area contributed by atoms with Crippen molar-refractivity contribution in [2.75, 3.05) is 31.7 Å². The number of nitrogens with zero attached hydrogens (tertiary/aromatic N) is 1. The van der Waals surface area contributed by atoms with Crippen molar-refractivity contribution in [3.05, 3.63) is 29.8 Å². The Morgan fingerprint density at radius 1 is 1.16 bits per heavy atom. The van der Waals surface area contributed by atoms with E-state index in [1.165, 1.54) is 43.6 Å². The smallest absolute Gasteiger partial charge is 0.0613 e. The normalized spacial score (nSPS) is 17.5. The molecule has 106 valence electrons. The molecule has 1 aliphatic rings. The molecule has 1 saturated heterocycles. The third kappa shape index (κ3) is 4.51. The summed E-state index contributed by atoms with van der Waals surface area (Å²) in [6.45, 7) is 6.23. The molecule has 1 N–H and O–H groups in total. The predicted octanol–water partition coefficient (Wildman–Crippen LogP) is 2.80. The molecule has 1 aliphatic heterocycles. The Balaban J connectivity index is 1.83. The standard InChI is InChI=1S/C16H26N2O/c1-14(13-19-2)17-12-15-6-8-16(9-7-15)18-10-4-3-5-11-18/h6-9,14,17H,3-5,10-13H2,1-2H3. The minimum absolute atomic E-state index is 0.395. The topological polar surface area (TPSA) is 24.5 Å². The van der Waals surface area contributed by atoms with Crippen LogP contribution in [0.25, 0.3) is 0 Å². The van der Waals surface area contributed by atoms with Gasteiger partial charge in [-0.15, -0.1) is 0 Å². The van der Waals surface area contributed by atoms with Crippen molar-refractivity contribution in [1.82, 2.24) is 5.32 Å². The summed E-state index contributed by atoms with van der Waals surface area (Å²) in [5.41, 5.74) is 2.71. The maximum Gasteiger partial charge on any atom is 0.0613 e. The molecule has 1 aromatic rings. The summed E-state index contributed by atoms with van der Waals surface area (Å²) in [6.07, 6.45) is 4.05. The second-order valence-corrected chi connectivity index (χ2v) is 5.45. The lowest BCUT2D eigenvalue weighted by atomic mass is 10.1. The van der Waals surface area contributed by atoms with E-state index in [2.05, 4.69) is 41.4 Å². The number of rotatable bonds is 6. The number of methoxy groups -OCH3 is 1. The first-order chi connectivity index (χ1) is 9.29. The molecular weight excluding hydrogens is 236 g/mol. The van der Waals surface area contributed by atoms with Gasteiger partial charge in [-0.1, -0.05) is 12.1 Å². The fraction of sp³-hybridized carbons (Fsp3) is 0.625. The second-order valence-electron chi connectivity index (χ2n) is 5.45. The average Bonchev–Trinajstić information content (AvgIpc) is 2.47. The number of hydrogen-bond acceptors (Lipinski definition) is 3. The van der Waals surface area contributed by atoms with E-state index in [1.807, 2.05) is 0 Å². The number of benzene rings is 1. The quantitative estimate of drug-likeness (QED) is 0.853. The van der Waals surface area contributed by atoms with Gasteiger partial charge in [0.15, 0.2) is 0 Å². The van der Waals surface area contributed by atoms with Crippen LogP contribution in [0.15, 0.2) is 24.3 Å². The molecule has 0 bridgehead atoms. The molecule has 0 radical (unpaired) electrons. The lowest BCUT2D eigenvalue weighted by Crippen LogP contribution is -2.30. The van der Waals surface area contributed by atoms with Gasteiger partial charge in [0.2, 0.25) is 0 Å². The molecule has 1 heterocycles. The maximum absolute atomic E-state index is 5.12. The molecular formula is C16H26N2O. The van der Waals surface area contributed by atoms with Crippen LogP contribution in [-0.4, -0.2) is 32.8 Å². The van der Waals surface area contributed by atoms with Crippen LogP contribution >= 0.6 is 0 Å². The Morgan fingerprint density at radius 3 is 2.47 bits per heavy atom. The van der Waals surface area contributed by atoms with Crippen molar-refractivity contribution in [3.63, 3.8) is 0 Å². The van der Waals surface area contributed by atoms with Crippen molar-refractivity contribution in [2.45, 2.75) is 38.8 Å². The predicted molar refractivity (Wildman–Crippen MR) is 80.7 cm³/mol. The van der Waals surface area contributed by atoms with Crippen molar-refractivity contribution in [2.24, 2.45) is 0 Å². The van der Waals surface area contributed by atoms with Gasteiger partial charge in [-0.2, -0.15) is 0 Å². The Labute approximate surface area is 116 Å². The average molecular weight is 262 g/mol. The lowest BCUT2D eigenvalue weighted by molar-refractivity contribution is 0.171. The molecule has 1 atom stereocenters. The van der Waals surface area contributed by atoms with Crippen LogP contribution in [0.2, 0.25) is 0 Å². The van der Waals surface area contributed by atoms with Crippen LogP contribution in [0.4, 0.5) is 5.69 Å². The number of ether oxygens (including phenoxy) is 1. The number of piperidine rings is 1. The van der Waals surface area contributed by atoms with Gasteiger partial charge in [0.1, 0.15) is 0 Å². The van der Waals surface area contributed by atoms with Gasteiger partial charge in [-0.3, -0.25) is 0 Å². The molecule has 0 aliphatic carbocycles. The minimum atomic E-state index is 0.395. The van der Waals surface area contributed by atoms with E-state index in [1.54, 1.807) is 7.11 Å². The molecule has 0 spiro atoms. The summed E-state index contributed by atoms with van der Waals surface area (Å²) in [6, 6.07) is 9.37. The van der Waals surface area contributed by atoms with Crippen molar-refractivity contribution in [1.29, 1.82) is 0 Å². The van der Waals surface area contributed by atoms with Gasteiger partial charge < -0.3 is 15.0 Å². The molecule has 0 aromatic heterocycles. The number of hydrogen-bond donors (Lipinski definition) is 1. The lowest BCUT2D eigenvalue weighted by Gasteiger charge is -2.28. The first-order valence-electron chi connectivity index (χ1n) is 7.36. The third-order valence-corrected chi connectivity index (χ3v) is 3.73. The zero-order valence-electron chi connectivity index (χ0n) is 12.2.